The molecule has 3 rings (SSSR count). The monoisotopic (exact) mass is 339 g/mol. The van der Waals surface area contributed by atoms with Crippen molar-refractivity contribution in [1.82, 2.24) is 4.90 Å². The molecule has 1 heterocycles. The summed E-state index contributed by atoms with van der Waals surface area (Å²) in [5.41, 5.74) is 3.31. The summed E-state index contributed by atoms with van der Waals surface area (Å²) in [4.78, 5) is 14.0. The van der Waals surface area contributed by atoms with Crippen LogP contribution in [0.25, 0.3) is 0 Å². The fourth-order valence-corrected chi connectivity index (χ4v) is 3.72. The average molecular weight is 339 g/mol. The van der Waals surface area contributed by atoms with Gasteiger partial charge in [-0.3, -0.25) is 9.69 Å². The van der Waals surface area contributed by atoms with Crippen LogP contribution in [0.4, 0.5) is 0 Å². The Bertz CT molecular complexity index is 726. The van der Waals surface area contributed by atoms with Crippen molar-refractivity contribution in [3.63, 3.8) is 0 Å². The first-order valence-electron chi connectivity index (χ1n) is 8.80. The molecule has 0 aliphatic carbocycles. The van der Waals surface area contributed by atoms with Crippen LogP contribution < -0.4 is 4.74 Å². The van der Waals surface area contributed by atoms with Crippen LogP contribution in [0, 0.1) is 6.92 Å². The second-order valence-electron chi connectivity index (χ2n) is 6.64. The van der Waals surface area contributed by atoms with Gasteiger partial charge in [0.25, 0.3) is 0 Å². The number of aliphatic carboxylic acids is 1. The van der Waals surface area contributed by atoms with Crippen LogP contribution in [0.5, 0.6) is 5.75 Å². The Balaban J connectivity index is 2.11. The Morgan fingerprint density at radius 1 is 1.16 bits per heavy atom. The van der Waals surface area contributed by atoms with Gasteiger partial charge in [-0.1, -0.05) is 54.4 Å². The van der Waals surface area contributed by atoms with Crippen molar-refractivity contribution in [1.29, 1.82) is 0 Å². The molecule has 25 heavy (non-hydrogen) atoms. The zero-order chi connectivity index (χ0) is 17.8. The number of rotatable bonds is 5. The van der Waals surface area contributed by atoms with Crippen LogP contribution >= 0.6 is 0 Å². The van der Waals surface area contributed by atoms with Gasteiger partial charge in [0, 0.05) is 5.56 Å². The summed E-state index contributed by atoms with van der Waals surface area (Å²) >= 11 is 0. The maximum absolute atomic E-state index is 11.9. The Morgan fingerprint density at radius 2 is 1.88 bits per heavy atom. The molecule has 0 saturated carbocycles. The minimum absolute atomic E-state index is 0.127. The van der Waals surface area contributed by atoms with Gasteiger partial charge >= 0.3 is 5.97 Å². The van der Waals surface area contributed by atoms with Crippen molar-refractivity contribution < 1.29 is 14.6 Å². The fourth-order valence-electron chi connectivity index (χ4n) is 3.72. The third kappa shape index (κ3) is 3.69. The van der Waals surface area contributed by atoms with Crippen molar-refractivity contribution in [3.05, 3.63) is 65.2 Å². The summed E-state index contributed by atoms with van der Waals surface area (Å²) in [6, 6.07) is 15.7. The van der Waals surface area contributed by atoms with E-state index in [2.05, 4.69) is 36.1 Å². The van der Waals surface area contributed by atoms with Gasteiger partial charge in [0.2, 0.25) is 0 Å². The molecule has 1 fully saturated rings. The number of nitrogens with zero attached hydrogens (tertiary/aromatic N) is 1. The minimum atomic E-state index is -0.744. The highest BCUT2D eigenvalue weighted by Gasteiger charge is 2.36. The number of para-hydroxylation sites is 1. The second kappa shape index (κ2) is 7.70. The summed E-state index contributed by atoms with van der Waals surface area (Å²) in [7, 11) is 1.66. The molecule has 0 radical (unpaired) electrons. The molecular formula is C21H25NO3. The van der Waals surface area contributed by atoms with Gasteiger partial charge < -0.3 is 9.84 Å². The normalized spacial score (nSPS) is 19.4. The van der Waals surface area contributed by atoms with E-state index in [1.54, 1.807) is 7.11 Å². The quantitative estimate of drug-likeness (QED) is 0.893. The molecule has 1 saturated heterocycles. The van der Waals surface area contributed by atoms with Crippen molar-refractivity contribution >= 4 is 5.97 Å². The van der Waals surface area contributed by atoms with Gasteiger partial charge in [-0.15, -0.1) is 0 Å². The van der Waals surface area contributed by atoms with Crippen LogP contribution in [0.1, 0.15) is 42.0 Å². The number of piperidine rings is 1. The topological polar surface area (TPSA) is 49.8 Å². The highest BCUT2D eigenvalue weighted by atomic mass is 16.5. The number of ether oxygens (including phenoxy) is 1. The molecule has 2 unspecified atom stereocenters. The predicted octanol–water partition coefficient (Wildman–Crippen LogP) is 4.03. The Kier molecular flexibility index (Phi) is 5.39. The highest BCUT2D eigenvalue weighted by molar-refractivity contribution is 5.73. The Labute approximate surface area is 149 Å². The lowest BCUT2D eigenvalue weighted by atomic mass is 9.91. The zero-order valence-electron chi connectivity index (χ0n) is 14.8. The smallest absolute Gasteiger partial charge is 0.320 e. The SMILES string of the molecule is COc1ccccc1C(c1ccc(C)cc1)N1CCCCC1C(=O)O. The lowest BCUT2D eigenvalue weighted by Gasteiger charge is -2.40. The predicted molar refractivity (Wildman–Crippen MR) is 98.0 cm³/mol. The standard InChI is InChI=1S/C21H25NO3/c1-15-10-12-16(13-11-15)20(17-7-3-4-9-19(17)25-2)22-14-6-5-8-18(22)21(23)24/h3-4,7,9-13,18,20H,5-6,8,14H2,1-2H3,(H,23,24). The van der Waals surface area contributed by atoms with E-state index in [4.69, 9.17) is 4.74 Å². The maximum Gasteiger partial charge on any atom is 0.320 e. The molecule has 0 aromatic heterocycles. The van der Waals surface area contributed by atoms with Gasteiger partial charge in [0.05, 0.1) is 13.2 Å². The van der Waals surface area contributed by atoms with E-state index in [0.717, 1.165) is 36.3 Å². The zero-order valence-corrected chi connectivity index (χ0v) is 14.8. The van der Waals surface area contributed by atoms with E-state index in [1.165, 1.54) is 5.56 Å². The number of likely N-dealkylation sites (tertiary alicyclic amines) is 1. The third-order valence-corrected chi connectivity index (χ3v) is 4.99. The van der Waals surface area contributed by atoms with Crippen LogP contribution in [0.2, 0.25) is 0 Å². The number of hydrogen-bond acceptors (Lipinski definition) is 3. The number of hydrogen-bond donors (Lipinski definition) is 1. The van der Waals surface area contributed by atoms with E-state index in [1.807, 2.05) is 24.3 Å². The average Bonchev–Trinajstić information content (AvgIpc) is 2.64. The summed E-state index contributed by atoms with van der Waals surface area (Å²) in [5.74, 6) is 0.0505. The Morgan fingerprint density at radius 3 is 2.56 bits per heavy atom. The molecule has 1 aliphatic rings. The van der Waals surface area contributed by atoms with Crippen molar-refractivity contribution in [2.75, 3.05) is 13.7 Å². The number of carbonyl (C=O) groups is 1. The summed E-state index contributed by atoms with van der Waals surface area (Å²) in [5, 5.41) is 9.75. The molecule has 4 heteroatoms. The van der Waals surface area contributed by atoms with E-state index >= 15 is 0 Å². The van der Waals surface area contributed by atoms with Crippen LogP contribution in [0.15, 0.2) is 48.5 Å². The number of benzene rings is 2. The highest BCUT2D eigenvalue weighted by Crippen LogP contribution is 2.38. The first kappa shape index (κ1) is 17.5. The molecular weight excluding hydrogens is 314 g/mol. The minimum Gasteiger partial charge on any atom is -0.496 e. The fraction of sp³-hybridized carbons (Fsp3) is 0.381. The summed E-state index contributed by atoms with van der Waals surface area (Å²) in [6.45, 7) is 2.83. The molecule has 1 N–H and O–H groups in total. The lowest BCUT2D eigenvalue weighted by Crippen LogP contribution is -2.46. The number of carboxylic acid groups (broad SMARTS) is 1. The first-order valence-corrected chi connectivity index (χ1v) is 8.80. The van der Waals surface area contributed by atoms with Crippen LogP contribution in [0.3, 0.4) is 0 Å². The van der Waals surface area contributed by atoms with Crippen molar-refractivity contribution in [3.8, 4) is 5.75 Å². The van der Waals surface area contributed by atoms with Crippen LogP contribution in [-0.2, 0) is 4.79 Å². The lowest BCUT2D eigenvalue weighted by molar-refractivity contribution is -0.145. The molecule has 2 aromatic carbocycles. The molecule has 2 aromatic rings. The van der Waals surface area contributed by atoms with Gasteiger partial charge in [0.15, 0.2) is 0 Å². The largest absolute Gasteiger partial charge is 0.496 e. The van der Waals surface area contributed by atoms with Gasteiger partial charge in [-0.05, 0) is 37.9 Å². The molecule has 2 atom stereocenters. The van der Waals surface area contributed by atoms with E-state index in [-0.39, 0.29) is 6.04 Å². The molecule has 0 spiro atoms. The summed E-state index contributed by atoms with van der Waals surface area (Å²) < 4.78 is 5.58. The first-order chi connectivity index (χ1) is 12.1. The van der Waals surface area contributed by atoms with Crippen LogP contribution in [-0.4, -0.2) is 35.7 Å². The number of methoxy groups -OCH3 is 1. The molecule has 0 bridgehead atoms. The van der Waals surface area contributed by atoms with Crippen molar-refractivity contribution in [2.24, 2.45) is 0 Å². The van der Waals surface area contributed by atoms with E-state index < -0.39 is 12.0 Å². The van der Waals surface area contributed by atoms with E-state index in [9.17, 15) is 9.90 Å². The third-order valence-electron chi connectivity index (χ3n) is 4.99. The van der Waals surface area contributed by atoms with Gasteiger partial charge in [-0.2, -0.15) is 0 Å². The Hall–Kier alpha value is -2.33. The van der Waals surface area contributed by atoms with Gasteiger partial charge in [-0.25, -0.2) is 0 Å². The molecule has 1 aliphatic heterocycles. The maximum atomic E-state index is 11.9. The molecule has 0 amide bonds. The van der Waals surface area contributed by atoms with Gasteiger partial charge in [0.1, 0.15) is 11.8 Å². The van der Waals surface area contributed by atoms with E-state index in [0.29, 0.717) is 6.42 Å². The summed E-state index contributed by atoms with van der Waals surface area (Å²) in [6.07, 6.45) is 2.66. The molecule has 4 nitrogen and oxygen atoms in total. The number of carboxylic acids is 1. The van der Waals surface area contributed by atoms with Crippen molar-refractivity contribution in [2.45, 2.75) is 38.3 Å². The second-order valence-corrected chi connectivity index (χ2v) is 6.64. The molecule has 132 valence electrons. The number of aryl methyl sites for hydroxylation is 1.